The topological polar surface area (TPSA) is 64.1 Å². The lowest BCUT2D eigenvalue weighted by Gasteiger charge is -2.06. The first-order valence-corrected chi connectivity index (χ1v) is 7.54. The average Bonchev–Trinajstić information content (AvgIpc) is 2.53. The lowest BCUT2D eigenvalue weighted by atomic mass is 10.1. The molecule has 0 radical (unpaired) electrons. The third kappa shape index (κ3) is 3.89. The Bertz CT molecular complexity index is 587. The molecular formula is C14H14IN3O2. The van der Waals surface area contributed by atoms with Crippen LogP contribution in [0.25, 0.3) is 0 Å². The molecule has 0 fully saturated rings. The zero-order valence-electron chi connectivity index (χ0n) is 11.0. The molecular weight excluding hydrogens is 369 g/mol. The number of benzene rings is 1. The first kappa shape index (κ1) is 14.7. The minimum Gasteiger partial charge on any atom is -0.465 e. The Labute approximate surface area is 130 Å². The summed E-state index contributed by atoms with van der Waals surface area (Å²) in [6.07, 6.45) is 1.74. The summed E-state index contributed by atoms with van der Waals surface area (Å²) < 4.78 is 5.51. The van der Waals surface area contributed by atoms with Crippen molar-refractivity contribution in [2.24, 2.45) is 0 Å². The van der Waals surface area contributed by atoms with E-state index in [1.54, 1.807) is 18.3 Å². The number of rotatable bonds is 5. The number of hydrogen-bond acceptors (Lipinski definition) is 5. The minimum absolute atomic E-state index is 0.331. The molecule has 0 unspecified atom stereocenters. The van der Waals surface area contributed by atoms with Crippen molar-refractivity contribution >= 4 is 34.5 Å². The Morgan fingerprint density at radius 3 is 2.70 bits per heavy atom. The van der Waals surface area contributed by atoms with E-state index in [1.165, 1.54) is 7.11 Å². The van der Waals surface area contributed by atoms with E-state index in [0.29, 0.717) is 18.1 Å². The van der Waals surface area contributed by atoms with Crippen LogP contribution in [-0.4, -0.2) is 23.0 Å². The second-order valence-corrected chi connectivity index (χ2v) is 4.81. The quantitative estimate of drug-likeness (QED) is 0.489. The van der Waals surface area contributed by atoms with Crippen molar-refractivity contribution in [3.8, 4) is 0 Å². The van der Waals surface area contributed by atoms with Crippen molar-refractivity contribution in [2.75, 3.05) is 12.4 Å². The highest BCUT2D eigenvalue weighted by Crippen LogP contribution is 2.09. The van der Waals surface area contributed by atoms with Crippen LogP contribution in [0.3, 0.4) is 0 Å². The molecule has 0 bridgehead atoms. The summed E-state index contributed by atoms with van der Waals surface area (Å²) in [4.78, 5) is 19.8. The number of carbonyl (C=O) groups is 1. The van der Waals surface area contributed by atoms with Gasteiger partial charge in [-0.3, -0.25) is 0 Å². The molecule has 6 heteroatoms. The molecule has 0 atom stereocenters. The van der Waals surface area contributed by atoms with Crippen molar-refractivity contribution in [3.63, 3.8) is 0 Å². The van der Waals surface area contributed by atoms with Crippen LogP contribution in [0.5, 0.6) is 0 Å². The Morgan fingerprint density at radius 1 is 1.30 bits per heavy atom. The molecule has 104 valence electrons. The van der Waals surface area contributed by atoms with Gasteiger partial charge in [-0.15, -0.1) is 0 Å². The molecule has 0 spiro atoms. The first-order chi connectivity index (χ1) is 9.72. The molecule has 0 aliphatic heterocycles. The fourth-order valence-electron chi connectivity index (χ4n) is 1.61. The predicted molar refractivity (Wildman–Crippen MR) is 84.9 cm³/mol. The zero-order chi connectivity index (χ0) is 14.4. The highest BCUT2D eigenvalue weighted by atomic mass is 127. The molecule has 0 saturated carbocycles. The van der Waals surface area contributed by atoms with Crippen LogP contribution in [0.15, 0.2) is 36.5 Å². The fourth-order valence-corrected chi connectivity index (χ4v) is 2.04. The number of esters is 1. The molecule has 2 aromatic rings. The summed E-state index contributed by atoms with van der Waals surface area (Å²) in [7, 11) is 1.37. The van der Waals surface area contributed by atoms with Gasteiger partial charge in [0.15, 0.2) is 0 Å². The van der Waals surface area contributed by atoms with Crippen molar-refractivity contribution < 1.29 is 9.53 Å². The van der Waals surface area contributed by atoms with Gasteiger partial charge in [-0.05, 0) is 23.8 Å². The Balaban J connectivity index is 1.98. The van der Waals surface area contributed by atoms with Gasteiger partial charge in [0.05, 0.1) is 18.4 Å². The van der Waals surface area contributed by atoms with Crippen LogP contribution in [0.1, 0.15) is 21.6 Å². The third-order valence-electron chi connectivity index (χ3n) is 2.68. The number of nitrogens with one attached hydrogen (secondary N) is 1. The SMILES string of the molecule is COC(=O)c1ccc(CNc2nccc(CI)n2)cc1. The molecule has 0 aliphatic rings. The standard InChI is InChI=1S/C14H14IN3O2/c1-20-13(19)11-4-2-10(3-5-11)9-17-14-16-7-6-12(8-15)18-14/h2-7H,8-9H2,1H3,(H,16,17,18). The van der Waals surface area contributed by atoms with E-state index < -0.39 is 0 Å². The number of nitrogens with zero attached hydrogens (tertiary/aromatic N) is 2. The molecule has 0 aliphatic carbocycles. The van der Waals surface area contributed by atoms with Gasteiger partial charge >= 0.3 is 5.97 Å². The molecule has 2 rings (SSSR count). The van der Waals surface area contributed by atoms with Crippen molar-refractivity contribution in [2.45, 2.75) is 11.0 Å². The van der Waals surface area contributed by atoms with E-state index in [4.69, 9.17) is 0 Å². The van der Waals surface area contributed by atoms with E-state index in [0.717, 1.165) is 15.7 Å². The summed E-state index contributed by atoms with van der Waals surface area (Å²) in [5, 5.41) is 3.16. The van der Waals surface area contributed by atoms with Gasteiger partial charge in [0.1, 0.15) is 0 Å². The van der Waals surface area contributed by atoms with Gasteiger partial charge < -0.3 is 10.1 Å². The zero-order valence-corrected chi connectivity index (χ0v) is 13.1. The predicted octanol–water partition coefficient (Wildman–Crippen LogP) is 2.81. The second-order valence-electron chi connectivity index (χ2n) is 4.05. The molecule has 5 nitrogen and oxygen atoms in total. The molecule has 0 saturated heterocycles. The Kier molecular flexibility index (Phi) is 5.28. The van der Waals surface area contributed by atoms with Crippen molar-refractivity contribution in [1.82, 2.24) is 9.97 Å². The molecule has 20 heavy (non-hydrogen) atoms. The Hall–Kier alpha value is -1.70. The molecule has 1 N–H and O–H groups in total. The average molecular weight is 383 g/mol. The van der Waals surface area contributed by atoms with Crippen LogP contribution in [0.4, 0.5) is 5.95 Å². The third-order valence-corrected chi connectivity index (χ3v) is 3.46. The van der Waals surface area contributed by atoms with Gasteiger partial charge in [0.2, 0.25) is 5.95 Å². The number of alkyl halides is 1. The Morgan fingerprint density at radius 2 is 2.05 bits per heavy atom. The lowest BCUT2D eigenvalue weighted by Crippen LogP contribution is -2.05. The maximum absolute atomic E-state index is 11.3. The van der Waals surface area contributed by atoms with Crippen molar-refractivity contribution in [1.29, 1.82) is 0 Å². The largest absolute Gasteiger partial charge is 0.465 e. The van der Waals surface area contributed by atoms with Gasteiger partial charge in [-0.2, -0.15) is 0 Å². The number of methoxy groups -OCH3 is 1. The first-order valence-electron chi connectivity index (χ1n) is 6.02. The van der Waals surface area contributed by atoms with E-state index in [-0.39, 0.29) is 5.97 Å². The minimum atomic E-state index is -0.331. The van der Waals surface area contributed by atoms with E-state index in [9.17, 15) is 4.79 Å². The number of halogens is 1. The summed E-state index contributed by atoms with van der Waals surface area (Å²) in [5.74, 6) is 0.277. The fraction of sp³-hybridized carbons (Fsp3) is 0.214. The summed E-state index contributed by atoms with van der Waals surface area (Å²) in [6, 6.07) is 9.13. The van der Waals surface area contributed by atoms with E-state index in [2.05, 4.69) is 42.6 Å². The van der Waals surface area contributed by atoms with Crippen LogP contribution < -0.4 is 5.32 Å². The highest BCUT2D eigenvalue weighted by molar-refractivity contribution is 14.1. The van der Waals surface area contributed by atoms with Crippen LogP contribution >= 0.6 is 22.6 Å². The summed E-state index contributed by atoms with van der Waals surface area (Å²) in [6.45, 7) is 0.603. The van der Waals surface area contributed by atoms with Crippen molar-refractivity contribution in [3.05, 3.63) is 53.3 Å². The smallest absolute Gasteiger partial charge is 0.337 e. The van der Waals surface area contributed by atoms with Crippen LogP contribution in [0, 0.1) is 0 Å². The normalized spacial score (nSPS) is 10.1. The van der Waals surface area contributed by atoms with Gasteiger partial charge in [0, 0.05) is 17.2 Å². The molecule has 1 aromatic carbocycles. The van der Waals surface area contributed by atoms with E-state index >= 15 is 0 Å². The highest BCUT2D eigenvalue weighted by Gasteiger charge is 2.04. The number of hydrogen-bond donors (Lipinski definition) is 1. The summed E-state index contributed by atoms with van der Waals surface area (Å²) in [5.41, 5.74) is 2.57. The number of carbonyl (C=O) groups excluding carboxylic acids is 1. The van der Waals surface area contributed by atoms with Crippen LogP contribution in [-0.2, 0) is 15.7 Å². The van der Waals surface area contributed by atoms with Gasteiger partial charge in [0.25, 0.3) is 0 Å². The molecule has 1 aromatic heterocycles. The number of anilines is 1. The second kappa shape index (κ2) is 7.18. The number of aromatic nitrogens is 2. The monoisotopic (exact) mass is 383 g/mol. The summed E-state index contributed by atoms with van der Waals surface area (Å²) >= 11 is 2.26. The lowest BCUT2D eigenvalue weighted by molar-refractivity contribution is 0.0600. The van der Waals surface area contributed by atoms with Crippen LogP contribution in [0.2, 0.25) is 0 Å². The van der Waals surface area contributed by atoms with Gasteiger partial charge in [-0.1, -0.05) is 34.7 Å². The molecule has 0 amide bonds. The molecule has 1 heterocycles. The maximum atomic E-state index is 11.3. The van der Waals surface area contributed by atoms with E-state index in [1.807, 2.05) is 18.2 Å². The van der Waals surface area contributed by atoms with Gasteiger partial charge in [-0.25, -0.2) is 14.8 Å². The maximum Gasteiger partial charge on any atom is 0.337 e. The number of ether oxygens (including phenoxy) is 1.